The van der Waals surface area contributed by atoms with E-state index in [0.29, 0.717) is 17.0 Å². The summed E-state index contributed by atoms with van der Waals surface area (Å²) in [5.74, 6) is -6.40. The fourth-order valence-corrected chi connectivity index (χ4v) is 2.71. The van der Waals surface area contributed by atoms with Crippen molar-refractivity contribution in [2.75, 3.05) is 0 Å². The van der Waals surface area contributed by atoms with Gasteiger partial charge in [0.25, 0.3) is 5.92 Å². The fourth-order valence-electron chi connectivity index (χ4n) is 2.58. The maximum Gasteiger partial charge on any atom is 0.311 e. The van der Waals surface area contributed by atoms with Gasteiger partial charge in [0, 0.05) is 17.4 Å². The predicted octanol–water partition coefficient (Wildman–Crippen LogP) is 3.94. The largest absolute Gasteiger partial charge is 0.481 e. The van der Waals surface area contributed by atoms with E-state index in [4.69, 9.17) is 11.6 Å². The molecule has 0 saturated heterocycles. The van der Waals surface area contributed by atoms with E-state index >= 15 is 0 Å². The number of alkyl halides is 2. The van der Waals surface area contributed by atoms with E-state index in [9.17, 15) is 18.7 Å². The minimum Gasteiger partial charge on any atom is -0.481 e. The Morgan fingerprint density at radius 3 is 2.44 bits per heavy atom. The molecule has 2 rings (SSSR count). The molecule has 1 saturated carbocycles. The smallest absolute Gasteiger partial charge is 0.311 e. The first kappa shape index (κ1) is 13.3. The number of carboxylic acids is 1. The van der Waals surface area contributed by atoms with Gasteiger partial charge in [-0.2, -0.15) is 0 Å². The Bertz CT molecular complexity index is 445. The first-order chi connectivity index (χ1) is 8.42. The molecule has 1 aliphatic rings. The van der Waals surface area contributed by atoms with Crippen molar-refractivity contribution in [2.24, 2.45) is 5.92 Å². The van der Waals surface area contributed by atoms with Crippen LogP contribution in [0.3, 0.4) is 0 Å². The minimum absolute atomic E-state index is 0.227. The van der Waals surface area contributed by atoms with Crippen LogP contribution in [0, 0.1) is 5.92 Å². The average molecular weight is 275 g/mol. The third kappa shape index (κ3) is 2.48. The van der Waals surface area contributed by atoms with Gasteiger partial charge in [0.1, 0.15) is 0 Å². The number of aliphatic carboxylic acids is 1. The summed E-state index contributed by atoms with van der Waals surface area (Å²) >= 11 is 5.72. The van der Waals surface area contributed by atoms with Gasteiger partial charge in [-0.25, -0.2) is 8.78 Å². The van der Waals surface area contributed by atoms with E-state index in [1.54, 1.807) is 0 Å². The van der Waals surface area contributed by atoms with Gasteiger partial charge in [0.2, 0.25) is 0 Å². The molecular weight excluding hydrogens is 262 g/mol. The molecule has 0 amide bonds. The van der Waals surface area contributed by atoms with E-state index in [2.05, 4.69) is 0 Å². The summed E-state index contributed by atoms with van der Waals surface area (Å²) in [6, 6.07) is 6.07. The van der Waals surface area contributed by atoms with E-state index in [1.807, 2.05) is 0 Å². The molecule has 2 unspecified atom stereocenters. The van der Waals surface area contributed by atoms with Crippen molar-refractivity contribution in [3.05, 3.63) is 34.9 Å². The van der Waals surface area contributed by atoms with Gasteiger partial charge in [-0.15, -0.1) is 0 Å². The highest BCUT2D eigenvalue weighted by atomic mass is 35.5. The Hall–Kier alpha value is -1.16. The van der Waals surface area contributed by atoms with Crippen molar-refractivity contribution in [1.29, 1.82) is 0 Å². The SMILES string of the molecule is O=C(O)C(c1ccc(Cl)cc1)C1CCCC1(F)F. The van der Waals surface area contributed by atoms with Crippen molar-refractivity contribution < 1.29 is 18.7 Å². The molecule has 1 N–H and O–H groups in total. The lowest BCUT2D eigenvalue weighted by Crippen LogP contribution is -2.32. The summed E-state index contributed by atoms with van der Waals surface area (Å²) in [6.45, 7) is 0. The molecule has 0 radical (unpaired) electrons. The average Bonchev–Trinajstić information content (AvgIpc) is 2.62. The van der Waals surface area contributed by atoms with Crippen LogP contribution in [-0.2, 0) is 4.79 Å². The van der Waals surface area contributed by atoms with Crippen LogP contribution >= 0.6 is 11.6 Å². The van der Waals surface area contributed by atoms with E-state index < -0.39 is 23.7 Å². The molecule has 2 nitrogen and oxygen atoms in total. The zero-order valence-electron chi connectivity index (χ0n) is 9.57. The highest BCUT2D eigenvalue weighted by Crippen LogP contribution is 2.47. The number of benzene rings is 1. The van der Waals surface area contributed by atoms with Crippen LogP contribution in [0.1, 0.15) is 30.7 Å². The third-order valence-electron chi connectivity index (χ3n) is 3.47. The Balaban J connectivity index is 2.34. The number of carbonyl (C=O) groups is 1. The van der Waals surface area contributed by atoms with Crippen molar-refractivity contribution in [3.63, 3.8) is 0 Å². The number of hydrogen-bond donors (Lipinski definition) is 1. The molecule has 1 fully saturated rings. The Morgan fingerprint density at radius 2 is 2.00 bits per heavy atom. The number of hydrogen-bond acceptors (Lipinski definition) is 1. The Morgan fingerprint density at radius 1 is 1.39 bits per heavy atom. The zero-order valence-corrected chi connectivity index (χ0v) is 10.3. The summed E-state index contributed by atoms with van der Waals surface area (Å²) in [5.41, 5.74) is 0.387. The van der Waals surface area contributed by atoms with Gasteiger partial charge >= 0.3 is 5.97 Å². The summed E-state index contributed by atoms with van der Waals surface area (Å²) in [7, 11) is 0. The highest BCUT2D eigenvalue weighted by molar-refractivity contribution is 6.30. The molecule has 0 heterocycles. The minimum atomic E-state index is -2.90. The van der Waals surface area contributed by atoms with Crippen molar-refractivity contribution in [3.8, 4) is 0 Å². The van der Waals surface area contributed by atoms with E-state index in [1.165, 1.54) is 24.3 Å². The molecule has 0 aromatic heterocycles. The predicted molar refractivity (Wildman–Crippen MR) is 64.1 cm³/mol. The Kier molecular flexibility index (Phi) is 3.57. The molecule has 5 heteroatoms. The van der Waals surface area contributed by atoms with Gasteiger partial charge in [0.05, 0.1) is 5.92 Å². The molecule has 18 heavy (non-hydrogen) atoms. The maximum atomic E-state index is 13.7. The van der Waals surface area contributed by atoms with Crippen LogP contribution in [0.2, 0.25) is 5.02 Å². The van der Waals surface area contributed by atoms with Gasteiger partial charge in [-0.05, 0) is 30.5 Å². The topological polar surface area (TPSA) is 37.3 Å². The molecule has 0 bridgehead atoms. The van der Waals surface area contributed by atoms with Crippen LogP contribution in [0.5, 0.6) is 0 Å². The first-order valence-electron chi connectivity index (χ1n) is 5.78. The second kappa shape index (κ2) is 4.84. The van der Waals surface area contributed by atoms with Gasteiger partial charge in [0.15, 0.2) is 0 Å². The second-order valence-electron chi connectivity index (χ2n) is 4.63. The standard InChI is InChI=1S/C13H13ClF2O2/c14-9-5-3-8(4-6-9)11(12(17)18)10-2-1-7-13(10,15)16/h3-6,10-11H,1-2,7H2,(H,17,18). The van der Waals surface area contributed by atoms with Crippen molar-refractivity contribution >= 4 is 17.6 Å². The molecule has 1 aromatic carbocycles. The van der Waals surface area contributed by atoms with E-state index in [0.717, 1.165) is 0 Å². The highest BCUT2D eigenvalue weighted by Gasteiger charge is 2.50. The number of rotatable bonds is 3. The fraction of sp³-hybridized carbons (Fsp3) is 0.462. The lowest BCUT2D eigenvalue weighted by molar-refractivity contribution is -0.144. The number of carboxylic acid groups (broad SMARTS) is 1. The lowest BCUT2D eigenvalue weighted by atomic mass is 9.83. The first-order valence-corrected chi connectivity index (χ1v) is 6.16. The molecule has 0 spiro atoms. The monoisotopic (exact) mass is 274 g/mol. The maximum absolute atomic E-state index is 13.7. The normalized spacial score (nSPS) is 23.8. The van der Waals surface area contributed by atoms with Crippen LogP contribution in [0.25, 0.3) is 0 Å². The second-order valence-corrected chi connectivity index (χ2v) is 5.06. The van der Waals surface area contributed by atoms with Crippen LogP contribution in [-0.4, -0.2) is 17.0 Å². The van der Waals surface area contributed by atoms with Crippen molar-refractivity contribution in [2.45, 2.75) is 31.1 Å². The summed E-state index contributed by atoms with van der Waals surface area (Å²) in [5, 5.41) is 9.68. The Labute approximate surface area is 109 Å². The van der Waals surface area contributed by atoms with E-state index in [-0.39, 0.29) is 12.8 Å². The van der Waals surface area contributed by atoms with Gasteiger partial charge < -0.3 is 5.11 Å². The summed E-state index contributed by atoms with van der Waals surface area (Å²) in [4.78, 5) is 11.3. The quantitative estimate of drug-likeness (QED) is 0.906. The van der Waals surface area contributed by atoms with Crippen LogP contribution in [0.15, 0.2) is 24.3 Å². The lowest BCUT2D eigenvalue weighted by Gasteiger charge is -2.25. The molecule has 2 atom stereocenters. The zero-order chi connectivity index (χ0) is 13.3. The van der Waals surface area contributed by atoms with Crippen LogP contribution in [0.4, 0.5) is 8.78 Å². The van der Waals surface area contributed by atoms with Gasteiger partial charge in [-0.3, -0.25) is 4.79 Å². The molecule has 1 aliphatic carbocycles. The molecule has 98 valence electrons. The van der Waals surface area contributed by atoms with Crippen molar-refractivity contribution in [1.82, 2.24) is 0 Å². The third-order valence-corrected chi connectivity index (χ3v) is 3.72. The molecule has 0 aliphatic heterocycles. The van der Waals surface area contributed by atoms with Gasteiger partial charge in [-0.1, -0.05) is 23.7 Å². The molecular formula is C13H13ClF2O2. The summed E-state index contributed by atoms with van der Waals surface area (Å²) in [6.07, 6.45) is 0.386. The number of halogens is 3. The summed E-state index contributed by atoms with van der Waals surface area (Å²) < 4.78 is 27.4. The van der Waals surface area contributed by atoms with Crippen LogP contribution < -0.4 is 0 Å². The molecule has 1 aromatic rings.